The van der Waals surface area contributed by atoms with Crippen LogP contribution in [0.5, 0.6) is 0 Å². The molecule has 2 aliphatic rings. The minimum absolute atomic E-state index is 0.0631. The van der Waals surface area contributed by atoms with E-state index in [1.807, 2.05) is 0 Å². The largest absolute Gasteiger partial charge is 0.481 e. The normalized spacial score (nSPS) is 31.2. The van der Waals surface area contributed by atoms with Gasteiger partial charge in [0.25, 0.3) is 0 Å². The lowest BCUT2D eigenvalue weighted by Crippen LogP contribution is -2.39. The molecular weight excluding hydrogens is 400 g/mol. The summed E-state index contributed by atoms with van der Waals surface area (Å²) in [6.07, 6.45) is 9.88. The Morgan fingerprint density at radius 1 is 0.906 bits per heavy atom. The third kappa shape index (κ3) is 8.37. The lowest BCUT2D eigenvalue weighted by Gasteiger charge is -2.37. The first kappa shape index (κ1) is 27.2. The number of carboxylic acids is 1. The molecule has 0 spiro atoms. The number of carboxylic acid groups (broad SMARTS) is 1. The van der Waals surface area contributed by atoms with E-state index < -0.39 is 17.8 Å². The van der Waals surface area contributed by atoms with Crippen molar-refractivity contribution in [2.75, 3.05) is 0 Å². The number of hydrogen-bond donors (Lipinski definition) is 1. The zero-order valence-corrected chi connectivity index (χ0v) is 21.9. The number of rotatable bonds is 9. The van der Waals surface area contributed by atoms with Crippen LogP contribution in [0.15, 0.2) is 0 Å². The molecule has 2 fully saturated rings. The van der Waals surface area contributed by atoms with Crippen molar-refractivity contribution in [3.63, 3.8) is 0 Å². The van der Waals surface area contributed by atoms with Crippen molar-refractivity contribution in [3.8, 4) is 0 Å². The summed E-state index contributed by atoms with van der Waals surface area (Å²) in [7, 11) is 0. The molecule has 0 aromatic heterocycles. The number of ether oxygens (including phenoxy) is 1. The van der Waals surface area contributed by atoms with Crippen LogP contribution < -0.4 is 0 Å². The minimum Gasteiger partial charge on any atom is -0.481 e. The minimum atomic E-state index is -0.841. The van der Waals surface area contributed by atoms with Gasteiger partial charge in [-0.3, -0.25) is 9.59 Å². The van der Waals surface area contributed by atoms with Gasteiger partial charge in [-0.15, -0.1) is 0 Å². The first-order valence-electron chi connectivity index (χ1n) is 13.3. The molecule has 2 saturated carbocycles. The molecule has 186 valence electrons. The Kier molecular flexibility index (Phi) is 10.1. The molecule has 0 aromatic carbocycles. The fourth-order valence-electron chi connectivity index (χ4n) is 6.34. The van der Waals surface area contributed by atoms with Crippen LogP contribution in [0.3, 0.4) is 0 Å². The average molecular weight is 451 g/mol. The molecule has 0 saturated heterocycles. The molecule has 0 aliphatic heterocycles. The summed E-state index contributed by atoms with van der Waals surface area (Å²) < 4.78 is 6.22. The van der Waals surface area contributed by atoms with Gasteiger partial charge >= 0.3 is 11.9 Å². The Bertz CT molecular complexity index is 597. The summed E-state index contributed by atoms with van der Waals surface area (Å²) in [4.78, 5) is 25.1. The van der Waals surface area contributed by atoms with Crippen LogP contribution in [0.2, 0.25) is 0 Å². The maximum absolute atomic E-state index is 13.2. The van der Waals surface area contributed by atoms with Crippen molar-refractivity contribution < 1.29 is 19.4 Å². The van der Waals surface area contributed by atoms with E-state index in [9.17, 15) is 14.7 Å². The molecular formula is C28H50O4. The highest BCUT2D eigenvalue weighted by molar-refractivity contribution is 5.81. The van der Waals surface area contributed by atoms with E-state index in [0.717, 1.165) is 44.4 Å². The third-order valence-electron chi connectivity index (χ3n) is 8.19. The first-order valence-corrected chi connectivity index (χ1v) is 13.3. The van der Waals surface area contributed by atoms with Crippen molar-refractivity contribution in [2.45, 2.75) is 119 Å². The Balaban J connectivity index is 2.06. The van der Waals surface area contributed by atoms with E-state index in [1.165, 1.54) is 12.8 Å². The highest BCUT2D eigenvalue weighted by Crippen LogP contribution is 2.40. The van der Waals surface area contributed by atoms with Gasteiger partial charge in [-0.05, 0) is 99.2 Å². The van der Waals surface area contributed by atoms with E-state index in [4.69, 9.17) is 4.74 Å². The SMILES string of the molecule is CC1CCC(C(=O)OC(CCC(C)CC(C)(C)C)C2CCC(C(C)C)CC2)C(C(=O)O)C1. The second-order valence-electron chi connectivity index (χ2n) is 12.8. The molecule has 0 radical (unpaired) electrons. The molecule has 4 heteroatoms. The van der Waals surface area contributed by atoms with Gasteiger partial charge in [0.1, 0.15) is 6.10 Å². The van der Waals surface area contributed by atoms with Gasteiger partial charge < -0.3 is 9.84 Å². The monoisotopic (exact) mass is 450 g/mol. The van der Waals surface area contributed by atoms with Gasteiger partial charge in [0.2, 0.25) is 0 Å². The molecule has 2 aliphatic carbocycles. The van der Waals surface area contributed by atoms with Gasteiger partial charge in [-0.1, -0.05) is 48.5 Å². The summed E-state index contributed by atoms with van der Waals surface area (Å²) in [6.45, 7) is 15.9. The molecule has 1 N–H and O–H groups in total. The maximum atomic E-state index is 13.2. The van der Waals surface area contributed by atoms with E-state index in [1.54, 1.807) is 0 Å². The van der Waals surface area contributed by atoms with Gasteiger partial charge in [-0.2, -0.15) is 0 Å². The van der Waals surface area contributed by atoms with Crippen LogP contribution in [0.4, 0.5) is 0 Å². The number of carbonyl (C=O) groups excluding carboxylic acids is 1. The van der Waals surface area contributed by atoms with Crippen molar-refractivity contribution in [1.29, 1.82) is 0 Å². The highest BCUT2D eigenvalue weighted by atomic mass is 16.5. The number of hydrogen-bond acceptors (Lipinski definition) is 3. The number of esters is 1. The molecule has 5 atom stereocenters. The van der Waals surface area contributed by atoms with Crippen molar-refractivity contribution >= 4 is 11.9 Å². The average Bonchev–Trinajstić information content (AvgIpc) is 2.69. The van der Waals surface area contributed by atoms with E-state index >= 15 is 0 Å². The van der Waals surface area contributed by atoms with E-state index in [-0.39, 0.29) is 12.1 Å². The van der Waals surface area contributed by atoms with Crippen LogP contribution in [0.1, 0.15) is 113 Å². The maximum Gasteiger partial charge on any atom is 0.310 e. The van der Waals surface area contributed by atoms with Gasteiger partial charge in [-0.25, -0.2) is 0 Å². The van der Waals surface area contributed by atoms with Crippen LogP contribution in [0.25, 0.3) is 0 Å². The van der Waals surface area contributed by atoms with Crippen LogP contribution >= 0.6 is 0 Å². The first-order chi connectivity index (χ1) is 14.9. The lowest BCUT2D eigenvalue weighted by molar-refractivity contribution is -0.167. The molecule has 0 bridgehead atoms. The van der Waals surface area contributed by atoms with Crippen molar-refractivity contribution in [1.82, 2.24) is 0 Å². The number of aliphatic carboxylic acids is 1. The van der Waals surface area contributed by atoms with Crippen molar-refractivity contribution in [2.24, 2.45) is 46.8 Å². The highest BCUT2D eigenvalue weighted by Gasteiger charge is 2.41. The van der Waals surface area contributed by atoms with Crippen LogP contribution in [-0.2, 0) is 14.3 Å². The molecule has 2 rings (SSSR count). The van der Waals surface area contributed by atoms with Gasteiger partial charge in [0, 0.05) is 0 Å². The summed E-state index contributed by atoms with van der Waals surface area (Å²) in [6, 6.07) is 0. The number of carbonyl (C=O) groups is 2. The van der Waals surface area contributed by atoms with E-state index in [0.29, 0.717) is 41.9 Å². The Morgan fingerprint density at radius 2 is 1.50 bits per heavy atom. The Hall–Kier alpha value is -1.06. The Labute approximate surface area is 197 Å². The second kappa shape index (κ2) is 11.9. The molecule has 0 amide bonds. The quantitative estimate of drug-likeness (QED) is 0.373. The zero-order chi connectivity index (χ0) is 24.1. The summed E-state index contributed by atoms with van der Waals surface area (Å²) in [5.41, 5.74) is 0.300. The molecule has 0 heterocycles. The summed E-state index contributed by atoms with van der Waals surface area (Å²) >= 11 is 0. The summed E-state index contributed by atoms with van der Waals surface area (Å²) in [5, 5.41) is 9.72. The molecule has 32 heavy (non-hydrogen) atoms. The van der Waals surface area contributed by atoms with Crippen molar-refractivity contribution in [3.05, 3.63) is 0 Å². The molecule has 4 nitrogen and oxygen atoms in total. The van der Waals surface area contributed by atoms with Crippen LogP contribution in [-0.4, -0.2) is 23.1 Å². The van der Waals surface area contributed by atoms with E-state index in [2.05, 4.69) is 48.5 Å². The second-order valence-corrected chi connectivity index (χ2v) is 12.8. The van der Waals surface area contributed by atoms with Gasteiger partial charge in [0.05, 0.1) is 11.8 Å². The fourth-order valence-corrected chi connectivity index (χ4v) is 6.34. The predicted octanol–water partition coefficient (Wildman–Crippen LogP) is 7.35. The van der Waals surface area contributed by atoms with Gasteiger partial charge in [0.15, 0.2) is 0 Å². The lowest BCUT2D eigenvalue weighted by atomic mass is 9.73. The fraction of sp³-hybridized carbons (Fsp3) is 0.929. The third-order valence-corrected chi connectivity index (χ3v) is 8.19. The zero-order valence-electron chi connectivity index (χ0n) is 21.9. The molecule has 5 unspecified atom stereocenters. The topological polar surface area (TPSA) is 63.6 Å². The Morgan fingerprint density at radius 3 is 2.03 bits per heavy atom. The summed E-state index contributed by atoms with van der Waals surface area (Å²) in [5.74, 6) is 0.694. The standard InChI is InChI=1S/C28H50O4/c1-18(2)21-10-12-22(13-11-21)25(15-9-20(4)17-28(5,6)7)32-27(31)23-14-8-19(3)16-24(23)26(29)30/h18-25H,8-17H2,1-7H3,(H,29,30). The predicted molar refractivity (Wildman–Crippen MR) is 130 cm³/mol. The smallest absolute Gasteiger partial charge is 0.310 e. The molecule has 0 aromatic rings. The van der Waals surface area contributed by atoms with Crippen LogP contribution in [0, 0.1) is 46.8 Å².